The SMILES string of the molecule is Cc1ccc(NC(=O)C(=O)c2c(C(=O)c3ccc(C)cc3)nn(Cc3ccccc3)c2-c2ccc(C)cc2)cc1. The highest BCUT2D eigenvalue weighted by atomic mass is 16.2. The van der Waals surface area contributed by atoms with Crippen molar-refractivity contribution in [3.8, 4) is 11.3 Å². The molecule has 0 aliphatic rings. The molecule has 0 unspecified atom stereocenters. The molecule has 198 valence electrons. The van der Waals surface area contributed by atoms with Crippen molar-refractivity contribution in [2.75, 3.05) is 5.32 Å². The first-order valence-corrected chi connectivity index (χ1v) is 13.1. The maximum atomic E-state index is 13.9. The van der Waals surface area contributed by atoms with E-state index in [2.05, 4.69) is 5.32 Å². The number of rotatable bonds is 8. The number of benzene rings is 4. The Morgan fingerprint density at radius 2 is 1.25 bits per heavy atom. The minimum Gasteiger partial charge on any atom is -0.319 e. The first-order valence-electron chi connectivity index (χ1n) is 13.1. The molecule has 5 aromatic rings. The van der Waals surface area contributed by atoms with Crippen LogP contribution in [0.2, 0.25) is 0 Å². The average Bonchev–Trinajstić information content (AvgIpc) is 3.33. The van der Waals surface area contributed by atoms with Crippen LogP contribution in [0.1, 0.15) is 48.7 Å². The Kier molecular flexibility index (Phi) is 7.51. The monoisotopic (exact) mass is 527 g/mol. The topological polar surface area (TPSA) is 81.1 Å². The number of ketones is 2. The van der Waals surface area contributed by atoms with Crippen LogP contribution in [0.15, 0.2) is 103 Å². The number of amides is 1. The molecule has 0 atom stereocenters. The summed E-state index contributed by atoms with van der Waals surface area (Å²) in [7, 11) is 0. The van der Waals surface area contributed by atoms with Crippen molar-refractivity contribution in [1.29, 1.82) is 0 Å². The van der Waals surface area contributed by atoms with Gasteiger partial charge in [-0.05, 0) is 38.5 Å². The van der Waals surface area contributed by atoms with E-state index in [0.29, 0.717) is 29.1 Å². The van der Waals surface area contributed by atoms with Gasteiger partial charge in [0.2, 0.25) is 5.78 Å². The van der Waals surface area contributed by atoms with E-state index in [1.165, 1.54) is 0 Å². The third kappa shape index (κ3) is 5.66. The number of carbonyl (C=O) groups excluding carboxylic acids is 3. The summed E-state index contributed by atoms with van der Waals surface area (Å²) >= 11 is 0. The largest absolute Gasteiger partial charge is 0.319 e. The van der Waals surface area contributed by atoms with Gasteiger partial charge in [-0.3, -0.25) is 19.1 Å². The van der Waals surface area contributed by atoms with Gasteiger partial charge in [-0.1, -0.05) is 108 Å². The summed E-state index contributed by atoms with van der Waals surface area (Å²) in [5, 5.41) is 7.38. The molecular weight excluding hydrogens is 498 g/mol. The number of aryl methyl sites for hydroxylation is 3. The smallest absolute Gasteiger partial charge is 0.296 e. The maximum absolute atomic E-state index is 13.9. The van der Waals surface area contributed by atoms with Crippen molar-refractivity contribution in [3.05, 3.63) is 142 Å². The Morgan fingerprint density at radius 1 is 0.700 bits per heavy atom. The molecule has 1 N–H and O–H groups in total. The van der Waals surface area contributed by atoms with Gasteiger partial charge in [0, 0.05) is 16.8 Å². The number of hydrogen-bond acceptors (Lipinski definition) is 4. The van der Waals surface area contributed by atoms with Gasteiger partial charge in [-0.15, -0.1) is 0 Å². The highest BCUT2D eigenvalue weighted by Gasteiger charge is 2.33. The summed E-state index contributed by atoms with van der Waals surface area (Å²) in [6, 6.07) is 31.5. The molecule has 4 aromatic carbocycles. The minimum absolute atomic E-state index is 0.0185. The molecule has 1 heterocycles. The summed E-state index contributed by atoms with van der Waals surface area (Å²) < 4.78 is 1.65. The second-order valence-corrected chi connectivity index (χ2v) is 9.93. The minimum atomic E-state index is -0.838. The molecule has 0 saturated heterocycles. The quantitative estimate of drug-likeness (QED) is 0.183. The Hall–Kier alpha value is -5.10. The molecular formula is C34H29N3O3. The van der Waals surface area contributed by atoms with Gasteiger partial charge >= 0.3 is 0 Å². The molecule has 0 aliphatic carbocycles. The number of hydrogen-bond donors (Lipinski definition) is 1. The van der Waals surface area contributed by atoms with Crippen LogP contribution < -0.4 is 5.32 Å². The first-order chi connectivity index (χ1) is 19.3. The van der Waals surface area contributed by atoms with Gasteiger partial charge in [-0.2, -0.15) is 5.10 Å². The van der Waals surface area contributed by atoms with Gasteiger partial charge in [-0.25, -0.2) is 0 Å². The summed E-state index contributed by atoms with van der Waals surface area (Å²) in [5.41, 5.74) is 5.91. The zero-order chi connectivity index (χ0) is 28.2. The van der Waals surface area contributed by atoms with Crippen LogP contribution in [0.25, 0.3) is 11.3 Å². The Balaban J connectivity index is 1.68. The second kappa shape index (κ2) is 11.3. The molecule has 0 radical (unpaired) electrons. The number of Topliss-reactive ketones (excluding diaryl/α,β-unsaturated/α-hetero) is 1. The van der Waals surface area contributed by atoms with Gasteiger partial charge < -0.3 is 5.32 Å². The molecule has 0 fully saturated rings. The molecule has 1 aromatic heterocycles. The van der Waals surface area contributed by atoms with Crippen molar-refractivity contribution < 1.29 is 14.4 Å². The van der Waals surface area contributed by atoms with Crippen molar-refractivity contribution in [3.63, 3.8) is 0 Å². The number of nitrogens with one attached hydrogen (secondary N) is 1. The molecule has 0 spiro atoms. The molecule has 6 nitrogen and oxygen atoms in total. The van der Waals surface area contributed by atoms with Crippen LogP contribution in [-0.2, 0) is 11.3 Å². The van der Waals surface area contributed by atoms with Crippen molar-refractivity contribution >= 4 is 23.2 Å². The molecule has 40 heavy (non-hydrogen) atoms. The van der Waals surface area contributed by atoms with E-state index in [9.17, 15) is 14.4 Å². The number of anilines is 1. The van der Waals surface area contributed by atoms with E-state index in [-0.39, 0.29) is 11.3 Å². The van der Waals surface area contributed by atoms with Gasteiger partial charge in [0.1, 0.15) is 5.69 Å². The van der Waals surface area contributed by atoms with Crippen molar-refractivity contribution in [1.82, 2.24) is 9.78 Å². The predicted molar refractivity (Wildman–Crippen MR) is 157 cm³/mol. The van der Waals surface area contributed by atoms with Gasteiger partial charge in [0.25, 0.3) is 11.7 Å². The van der Waals surface area contributed by atoms with E-state index in [4.69, 9.17) is 5.10 Å². The van der Waals surface area contributed by atoms with Gasteiger partial charge in [0.15, 0.2) is 0 Å². The molecule has 5 rings (SSSR count). The molecule has 1 amide bonds. The lowest BCUT2D eigenvalue weighted by Crippen LogP contribution is -2.25. The Bertz CT molecular complexity index is 1680. The fourth-order valence-electron chi connectivity index (χ4n) is 4.49. The van der Waals surface area contributed by atoms with Crippen LogP contribution in [0.5, 0.6) is 0 Å². The molecule has 0 aliphatic heterocycles. The van der Waals surface area contributed by atoms with Gasteiger partial charge in [0.05, 0.1) is 17.8 Å². The Morgan fingerprint density at radius 3 is 1.85 bits per heavy atom. The lowest BCUT2D eigenvalue weighted by Gasteiger charge is -2.11. The lowest BCUT2D eigenvalue weighted by molar-refractivity contribution is -0.112. The van der Waals surface area contributed by atoms with E-state index >= 15 is 0 Å². The normalized spacial score (nSPS) is 10.8. The van der Waals surface area contributed by atoms with Crippen LogP contribution in [0, 0.1) is 20.8 Å². The maximum Gasteiger partial charge on any atom is 0.296 e. The van der Waals surface area contributed by atoms with E-state index in [1.54, 1.807) is 28.9 Å². The highest BCUT2D eigenvalue weighted by molar-refractivity contribution is 6.48. The van der Waals surface area contributed by atoms with Crippen LogP contribution in [0.3, 0.4) is 0 Å². The van der Waals surface area contributed by atoms with E-state index in [1.807, 2.05) is 99.6 Å². The zero-order valence-corrected chi connectivity index (χ0v) is 22.6. The zero-order valence-electron chi connectivity index (χ0n) is 22.6. The van der Waals surface area contributed by atoms with Crippen molar-refractivity contribution in [2.45, 2.75) is 27.3 Å². The van der Waals surface area contributed by atoms with Crippen LogP contribution in [0.4, 0.5) is 5.69 Å². The van der Waals surface area contributed by atoms with Crippen molar-refractivity contribution in [2.24, 2.45) is 0 Å². The average molecular weight is 528 g/mol. The standard InChI is InChI=1S/C34H29N3O3/c1-22-9-15-26(16-10-22)31-29(33(39)34(40)35-28-19-13-24(3)14-20-28)30(32(38)27-17-11-23(2)12-18-27)36-37(31)21-25-7-5-4-6-8-25/h4-20H,21H2,1-3H3,(H,35,40). The van der Waals surface area contributed by atoms with Crippen LogP contribution in [-0.4, -0.2) is 27.3 Å². The molecule has 6 heteroatoms. The number of aromatic nitrogens is 2. The number of nitrogens with zero attached hydrogens (tertiary/aromatic N) is 2. The fraction of sp³-hybridized carbons (Fsp3) is 0.118. The van der Waals surface area contributed by atoms with Crippen LogP contribution >= 0.6 is 0 Å². The third-order valence-corrected chi connectivity index (χ3v) is 6.72. The summed E-state index contributed by atoms with van der Waals surface area (Å²) in [4.78, 5) is 41.1. The van der Waals surface area contributed by atoms with E-state index in [0.717, 1.165) is 22.3 Å². The number of carbonyl (C=O) groups is 3. The molecule has 0 saturated carbocycles. The first kappa shape index (κ1) is 26.5. The summed E-state index contributed by atoms with van der Waals surface area (Å²) in [6.07, 6.45) is 0. The second-order valence-electron chi connectivity index (χ2n) is 9.93. The van der Waals surface area contributed by atoms with E-state index < -0.39 is 17.5 Å². The summed E-state index contributed by atoms with van der Waals surface area (Å²) in [6.45, 7) is 6.15. The fourth-order valence-corrected chi connectivity index (χ4v) is 4.49. The predicted octanol–water partition coefficient (Wildman–Crippen LogP) is 6.58. The highest BCUT2D eigenvalue weighted by Crippen LogP contribution is 2.30. The third-order valence-electron chi connectivity index (χ3n) is 6.72. The molecule has 0 bridgehead atoms. The lowest BCUT2D eigenvalue weighted by atomic mass is 9.96. The Labute approximate surface area is 233 Å². The summed E-state index contributed by atoms with van der Waals surface area (Å²) in [5.74, 6) is -2.09.